The molecule has 0 fully saturated rings. The number of carboxylic acid groups (broad SMARTS) is 1. The molecule has 0 aliphatic rings. The van der Waals surface area contributed by atoms with Crippen LogP contribution in [0.1, 0.15) is 54.5 Å². The van der Waals surface area contributed by atoms with Gasteiger partial charge in [-0.25, -0.2) is 4.68 Å². The Morgan fingerprint density at radius 2 is 1.82 bits per heavy atom. The molecule has 3 rings (SSSR count). The Kier molecular flexibility index (Phi) is 7.24. The lowest BCUT2D eigenvalue weighted by molar-refractivity contribution is -0.136. The summed E-state index contributed by atoms with van der Waals surface area (Å²) in [6.45, 7) is 7.93. The fourth-order valence-electron chi connectivity index (χ4n) is 3.51. The Balaban J connectivity index is 1.93. The van der Waals surface area contributed by atoms with Crippen LogP contribution in [0, 0.1) is 6.92 Å². The minimum Gasteiger partial charge on any atom is -0.497 e. The van der Waals surface area contributed by atoms with Crippen LogP contribution in [0.5, 0.6) is 11.5 Å². The van der Waals surface area contributed by atoms with E-state index < -0.39 is 11.9 Å². The lowest BCUT2D eigenvalue weighted by Crippen LogP contribution is -2.17. The molecule has 180 valence electrons. The van der Waals surface area contributed by atoms with E-state index in [4.69, 9.17) is 14.6 Å². The molecule has 9 heteroatoms. The summed E-state index contributed by atoms with van der Waals surface area (Å²) in [5, 5.41) is 20.2. The molecular formula is C25H30N4O5. The molecule has 0 spiro atoms. The van der Waals surface area contributed by atoms with Crippen LogP contribution in [0.2, 0.25) is 0 Å². The SMILES string of the molecule is COc1ccc(OC)c(-n2nnc(C(=O)Nc3cc(CCC(=O)O)cc(C(C)(C)C)c3)c2C)c1. The highest BCUT2D eigenvalue weighted by Gasteiger charge is 2.21. The molecular weight excluding hydrogens is 436 g/mol. The number of amides is 1. The topological polar surface area (TPSA) is 116 Å². The minimum absolute atomic E-state index is 0.0107. The zero-order valence-electron chi connectivity index (χ0n) is 20.3. The average molecular weight is 467 g/mol. The predicted molar refractivity (Wildman–Crippen MR) is 128 cm³/mol. The molecule has 0 aliphatic heterocycles. The number of aryl methyl sites for hydroxylation is 1. The van der Waals surface area contributed by atoms with Crippen molar-refractivity contribution in [2.75, 3.05) is 19.5 Å². The van der Waals surface area contributed by atoms with E-state index in [0.29, 0.717) is 35.0 Å². The van der Waals surface area contributed by atoms with E-state index in [2.05, 4.69) is 36.4 Å². The van der Waals surface area contributed by atoms with Crippen molar-refractivity contribution >= 4 is 17.6 Å². The molecule has 0 saturated heterocycles. The van der Waals surface area contributed by atoms with Gasteiger partial charge in [-0.3, -0.25) is 9.59 Å². The van der Waals surface area contributed by atoms with Crippen molar-refractivity contribution in [1.82, 2.24) is 15.0 Å². The first-order valence-corrected chi connectivity index (χ1v) is 10.9. The number of rotatable bonds is 8. The lowest BCUT2D eigenvalue weighted by Gasteiger charge is -2.21. The summed E-state index contributed by atoms with van der Waals surface area (Å²) < 4.78 is 12.3. The van der Waals surface area contributed by atoms with Crippen molar-refractivity contribution in [3.63, 3.8) is 0 Å². The van der Waals surface area contributed by atoms with Gasteiger partial charge in [-0.1, -0.05) is 32.1 Å². The summed E-state index contributed by atoms with van der Waals surface area (Å²) in [6, 6.07) is 10.9. The van der Waals surface area contributed by atoms with Gasteiger partial charge >= 0.3 is 5.97 Å². The van der Waals surface area contributed by atoms with Crippen LogP contribution in [-0.2, 0) is 16.6 Å². The fraction of sp³-hybridized carbons (Fsp3) is 0.360. The molecule has 0 unspecified atom stereocenters. The largest absolute Gasteiger partial charge is 0.497 e. The number of ether oxygens (including phenoxy) is 2. The molecule has 2 N–H and O–H groups in total. The van der Waals surface area contributed by atoms with Gasteiger partial charge in [0.2, 0.25) is 0 Å². The number of nitrogens with zero attached hydrogens (tertiary/aromatic N) is 3. The number of methoxy groups -OCH3 is 2. The van der Waals surface area contributed by atoms with Crippen molar-refractivity contribution in [2.45, 2.75) is 46.0 Å². The van der Waals surface area contributed by atoms with Crippen LogP contribution in [0.15, 0.2) is 36.4 Å². The third-order valence-electron chi connectivity index (χ3n) is 5.47. The zero-order chi connectivity index (χ0) is 25.0. The molecule has 1 heterocycles. The number of hydrogen-bond acceptors (Lipinski definition) is 6. The summed E-state index contributed by atoms with van der Waals surface area (Å²) in [4.78, 5) is 24.2. The first-order valence-electron chi connectivity index (χ1n) is 10.9. The van der Waals surface area contributed by atoms with Crippen molar-refractivity contribution in [3.05, 3.63) is 58.9 Å². The minimum atomic E-state index is -0.869. The molecule has 0 bridgehead atoms. The third-order valence-corrected chi connectivity index (χ3v) is 5.47. The summed E-state index contributed by atoms with van der Waals surface area (Å²) in [6.07, 6.45) is 0.379. The van der Waals surface area contributed by atoms with Gasteiger partial charge in [-0.2, -0.15) is 0 Å². The van der Waals surface area contributed by atoms with E-state index in [1.54, 1.807) is 45.4 Å². The summed E-state index contributed by atoms with van der Waals surface area (Å²) >= 11 is 0. The molecule has 9 nitrogen and oxygen atoms in total. The molecule has 1 aromatic heterocycles. The van der Waals surface area contributed by atoms with Crippen LogP contribution >= 0.6 is 0 Å². The lowest BCUT2D eigenvalue weighted by atomic mass is 9.85. The van der Waals surface area contributed by atoms with Crippen LogP contribution in [0.3, 0.4) is 0 Å². The maximum Gasteiger partial charge on any atom is 0.303 e. The van der Waals surface area contributed by atoms with Crippen LogP contribution < -0.4 is 14.8 Å². The number of aromatic nitrogens is 3. The van der Waals surface area contributed by atoms with Gasteiger partial charge in [0.1, 0.15) is 17.2 Å². The Hall–Kier alpha value is -3.88. The van der Waals surface area contributed by atoms with Gasteiger partial charge in [-0.15, -0.1) is 5.10 Å². The van der Waals surface area contributed by atoms with E-state index in [-0.39, 0.29) is 17.5 Å². The normalized spacial score (nSPS) is 11.2. The quantitative estimate of drug-likeness (QED) is 0.512. The van der Waals surface area contributed by atoms with Crippen LogP contribution in [-0.4, -0.2) is 46.2 Å². The number of anilines is 1. The second kappa shape index (κ2) is 9.94. The van der Waals surface area contributed by atoms with Gasteiger partial charge in [0.05, 0.1) is 19.9 Å². The fourth-order valence-corrected chi connectivity index (χ4v) is 3.51. The molecule has 2 aromatic carbocycles. The Labute approximate surface area is 198 Å². The monoisotopic (exact) mass is 466 g/mol. The molecule has 3 aromatic rings. The summed E-state index contributed by atoms with van der Waals surface area (Å²) in [5.41, 5.74) is 3.52. The Morgan fingerprint density at radius 1 is 1.09 bits per heavy atom. The van der Waals surface area contributed by atoms with Gasteiger partial charge in [0.25, 0.3) is 5.91 Å². The molecule has 0 aliphatic carbocycles. The third kappa shape index (κ3) is 5.54. The standard InChI is InChI=1S/C25H30N4O5/c1-15-23(27-28-29(15)20-14-19(33-5)8-9-21(20)34-6)24(32)26-18-12-16(7-10-22(30)31)11-17(13-18)25(2,3)4/h8-9,11-14H,7,10H2,1-6H3,(H,26,32)(H,30,31). The molecule has 34 heavy (non-hydrogen) atoms. The van der Waals surface area contributed by atoms with Gasteiger partial charge in [0.15, 0.2) is 5.69 Å². The second-order valence-corrected chi connectivity index (χ2v) is 8.99. The zero-order valence-corrected chi connectivity index (χ0v) is 20.3. The van der Waals surface area contributed by atoms with Crippen molar-refractivity contribution in [1.29, 1.82) is 0 Å². The first kappa shape index (κ1) is 24.8. The number of carboxylic acids is 1. The maximum absolute atomic E-state index is 13.1. The van der Waals surface area contributed by atoms with E-state index in [1.807, 2.05) is 12.1 Å². The van der Waals surface area contributed by atoms with Crippen molar-refractivity contribution in [2.24, 2.45) is 0 Å². The van der Waals surface area contributed by atoms with Gasteiger partial charge in [-0.05, 0) is 54.2 Å². The number of nitrogens with one attached hydrogen (secondary N) is 1. The Bertz CT molecular complexity index is 1210. The average Bonchev–Trinajstić information content (AvgIpc) is 3.17. The van der Waals surface area contributed by atoms with Crippen LogP contribution in [0.25, 0.3) is 5.69 Å². The number of carbonyl (C=O) groups excluding carboxylic acids is 1. The molecule has 0 saturated carbocycles. The maximum atomic E-state index is 13.1. The smallest absolute Gasteiger partial charge is 0.303 e. The first-order chi connectivity index (χ1) is 16.0. The highest BCUT2D eigenvalue weighted by atomic mass is 16.5. The van der Waals surface area contributed by atoms with Crippen LogP contribution in [0.4, 0.5) is 5.69 Å². The molecule has 1 amide bonds. The van der Waals surface area contributed by atoms with E-state index in [0.717, 1.165) is 11.1 Å². The Morgan fingerprint density at radius 3 is 2.44 bits per heavy atom. The van der Waals surface area contributed by atoms with Gasteiger partial charge in [0, 0.05) is 18.2 Å². The highest BCUT2D eigenvalue weighted by Crippen LogP contribution is 2.30. The molecule has 0 atom stereocenters. The number of aliphatic carboxylic acids is 1. The number of carbonyl (C=O) groups is 2. The molecule has 0 radical (unpaired) electrons. The second-order valence-electron chi connectivity index (χ2n) is 8.99. The summed E-state index contributed by atoms with van der Waals surface area (Å²) in [5.74, 6) is -0.112. The highest BCUT2D eigenvalue weighted by molar-refractivity contribution is 6.03. The van der Waals surface area contributed by atoms with E-state index in [9.17, 15) is 9.59 Å². The van der Waals surface area contributed by atoms with Gasteiger partial charge < -0.3 is 19.9 Å². The number of benzene rings is 2. The van der Waals surface area contributed by atoms with E-state index >= 15 is 0 Å². The van der Waals surface area contributed by atoms with Crippen molar-refractivity contribution < 1.29 is 24.2 Å². The van der Waals surface area contributed by atoms with E-state index in [1.165, 1.54) is 4.68 Å². The predicted octanol–water partition coefficient (Wildman–Crippen LogP) is 4.16. The summed E-state index contributed by atoms with van der Waals surface area (Å²) in [7, 11) is 3.12. The van der Waals surface area contributed by atoms with Crippen molar-refractivity contribution in [3.8, 4) is 17.2 Å². The number of hydrogen-bond donors (Lipinski definition) is 2.